The summed E-state index contributed by atoms with van der Waals surface area (Å²) in [6.07, 6.45) is 11.8. The summed E-state index contributed by atoms with van der Waals surface area (Å²) in [5, 5.41) is 0. The number of rotatable bonds is 12. The molecule has 0 spiro atoms. The number of ether oxygens (including phenoxy) is 1. The predicted molar refractivity (Wildman–Crippen MR) is 112 cm³/mol. The number of para-hydroxylation sites is 1. The van der Waals surface area contributed by atoms with E-state index >= 15 is 0 Å². The second-order valence-electron chi connectivity index (χ2n) is 7.36. The van der Waals surface area contributed by atoms with Crippen LogP contribution in [0.2, 0.25) is 0 Å². The fourth-order valence-electron chi connectivity index (χ4n) is 3.12. The average Bonchev–Trinajstić information content (AvgIpc) is 2.69. The van der Waals surface area contributed by atoms with Gasteiger partial charge in [0.15, 0.2) is 0 Å². The number of nitrogens with zero attached hydrogens (tertiary/aromatic N) is 1. The Morgan fingerprint density at radius 1 is 1.00 bits per heavy atom. The number of unbranched alkanes of at least 4 members (excludes halogenated alkanes) is 3. The maximum absolute atomic E-state index is 6.11. The molecule has 0 aliphatic heterocycles. The molecule has 0 saturated heterocycles. The molecule has 1 heterocycles. The monoisotopic (exact) mass is 353 g/mol. The van der Waals surface area contributed by atoms with Crippen molar-refractivity contribution in [3.05, 3.63) is 48.2 Å². The molecular weight excluding hydrogens is 318 g/mol. The van der Waals surface area contributed by atoms with Gasteiger partial charge in [0.1, 0.15) is 5.75 Å². The van der Waals surface area contributed by atoms with E-state index in [1.54, 1.807) is 0 Å². The normalized spacial score (nSPS) is 12.1. The van der Waals surface area contributed by atoms with Gasteiger partial charge in [-0.05, 0) is 55.0 Å². The second-order valence-corrected chi connectivity index (χ2v) is 7.36. The fourth-order valence-corrected chi connectivity index (χ4v) is 3.12. The van der Waals surface area contributed by atoms with Crippen LogP contribution >= 0.6 is 0 Å². The zero-order chi connectivity index (χ0) is 18.6. The van der Waals surface area contributed by atoms with Crippen LogP contribution in [-0.2, 0) is 6.42 Å². The van der Waals surface area contributed by atoms with Gasteiger partial charge >= 0.3 is 0 Å². The zero-order valence-electron chi connectivity index (χ0n) is 16.8. The Morgan fingerprint density at radius 3 is 2.65 bits per heavy atom. The SMILES string of the molecule is CCCCc1ccnc(-c2ccccc2OCCCCCC(C)CC)c1. The molecule has 1 aromatic carbocycles. The van der Waals surface area contributed by atoms with Crippen LogP contribution in [-0.4, -0.2) is 11.6 Å². The number of aromatic nitrogens is 1. The van der Waals surface area contributed by atoms with Gasteiger partial charge in [-0.3, -0.25) is 4.98 Å². The van der Waals surface area contributed by atoms with Crippen molar-refractivity contribution in [3.8, 4) is 17.0 Å². The smallest absolute Gasteiger partial charge is 0.128 e. The highest BCUT2D eigenvalue weighted by Gasteiger charge is 2.08. The van der Waals surface area contributed by atoms with E-state index in [4.69, 9.17) is 4.74 Å². The Morgan fingerprint density at radius 2 is 1.85 bits per heavy atom. The van der Waals surface area contributed by atoms with Crippen LogP contribution in [0.15, 0.2) is 42.6 Å². The largest absolute Gasteiger partial charge is 0.493 e. The van der Waals surface area contributed by atoms with E-state index in [0.29, 0.717) is 0 Å². The molecular formula is C24H35NO. The van der Waals surface area contributed by atoms with Gasteiger partial charge in [0, 0.05) is 11.8 Å². The summed E-state index contributed by atoms with van der Waals surface area (Å²) >= 11 is 0. The van der Waals surface area contributed by atoms with Crippen LogP contribution < -0.4 is 4.74 Å². The quantitative estimate of drug-likeness (QED) is 0.380. The molecule has 26 heavy (non-hydrogen) atoms. The van der Waals surface area contributed by atoms with E-state index in [2.05, 4.69) is 56.1 Å². The summed E-state index contributed by atoms with van der Waals surface area (Å²) in [5.74, 6) is 1.80. The molecule has 2 nitrogen and oxygen atoms in total. The Bertz CT molecular complexity index is 638. The van der Waals surface area contributed by atoms with Gasteiger partial charge < -0.3 is 4.74 Å². The summed E-state index contributed by atoms with van der Waals surface area (Å²) < 4.78 is 6.11. The van der Waals surface area contributed by atoms with Crippen LogP contribution in [0.4, 0.5) is 0 Å². The first-order chi connectivity index (χ1) is 12.7. The van der Waals surface area contributed by atoms with Crippen LogP contribution in [0.25, 0.3) is 11.3 Å². The van der Waals surface area contributed by atoms with Crippen LogP contribution in [0, 0.1) is 5.92 Å². The van der Waals surface area contributed by atoms with Crippen molar-refractivity contribution in [2.75, 3.05) is 6.61 Å². The molecule has 0 amide bonds. The molecule has 0 radical (unpaired) electrons. The van der Waals surface area contributed by atoms with Crippen molar-refractivity contribution < 1.29 is 4.74 Å². The minimum atomic E-state index is 0.785. The molecule has 2 heteroatoms. The highest BCUT2D eigenvalue weighted by atomic mass is 16.5. The molecule has 0 aliphatic rings. The van der Waals surface area contributed by atoms with E-state index in [-0.39, 0.29) is 0 Å². The number of aryl methyl sites for hydroxylation is 1. The fraction of sp³-hybridized carbons (Fsp3) is 0.542. The Kier molecular flexibility index (Phi) is 9.23. The minimum absolute atomic E-state index is 0.785. The molecule has 1 aromatic heterocycles. The third-order valence-corrected chi connectivity index (χ3v) is 5.10. The Hall–Kier alpha value is -1.83. The molecule has 2 aromatic rings. The molecule has 0 bridgehead atoms. The number of hydrogen-bond donors (Lipinski definition) is 0. The van der Waals surface area contributed by atoms with Gasteiger partial charge in [0.25, 0.3) is 0 Å². The van der Waals surface area contributed by atoms with Crippen LogP contribution in [0.5, 0.6) is 5.75 Å². The maximum atomic E-state index is 6.11. The van der Waals surface area contributed by atoms with E-state index in [1.165, 1.54) is 44.1 Å². The van der Waals surface area contributed by atoms with Gasteiger partial charge in [-0.25, -0.2) is 0 Å². The second kappa shape index (κ2) is 11.7. The molecule has 1 atom stereocenters. The van der Waals surface area contributed by atoms with Crippen molar-refractivity contribution in [2.24, 2.45) is 5.92 Å². The molecule has 142 valence electrons. The van der Waals surface area contributed by atoms with Crippen LogP contribution in [0.3, 0.4) is 0 Å². The van der Waals surface area contributed by atoms with E-state index in [0.717, 1.165) is 42.4 Å². The highest BCUT2D eigenvalue weighted by Crippen LogP contribution is 2.29. The maximum Gasteiger partial charge on any atom is 0.128 e. The van der Waals surface area contributed by atoms with Crippen molar-refractivity contribution in [3.63, 3.8) is 0 Å². The van der Waals surface area contributed by atoms with Gasteiger partial charge in [-0.15, -0.1) is 0 Å². The van der Waals surface area contributed by atoms with Gasteiger partial charge in [-0.2, -0.15) is 0 Å². The van der Waals surface area contributed by atoms with Gasteiger partial charge in [0.2, 0.25) is 0 Å². The topological polar surface area (TPSA) is 22.1 Å². The van der Waals surface area contributed by atoms with E-state index in [9.17, 15) is 0 Å². The average molecular weight is 354 g/mol. The van der Waals surface area contributed by atoms with Crippen molar-refractivity contribution in [1.29, 1.82) is 0 Å². The molecule has 0 fully saturated rings. The molecule has 0 N–H and O–H groups in total. The lowest BCUT2D eigenvalue weighted by atomic mass is 10.0. The number of hydrogen-bond acceptors (Lipinski definition) is 2. The minimum Gasteiger partial charge on any atom is -0.493 e. The third kappa shape index (κ3) is 6.82. The van der Waals surface area contributed by atoms with E-state index in [1.807, 2.05) is 12.3 Å². The summed E-state index contributed by atoms with van der Waals surface area (Å²) in [7, 11) is 0. The van der Waals surface area contributed by atoms with Gasteiger partial charge in [-0.1, -0.05) is 65.0 Å². The number of pyridine rings is 1. The lowest BCUT2D eigenvalue weighted by Crippen LogP contribution is -2.00. The summed E-state index contributed by atoms with van der Waals surface area (Å²) in [6, 6.07) is 12.6. The van der Waals surface area contributed by atoms with Gasteiger partial charge in [0.05, 0.1) is 12.3 Å². The molecule has 0 saturated carbocycles. The lowest BCUT2D eigenvalue weighted by molar-refractivity contribution is 0.303. The Labute approximate surface area is 160 Å². The highest BCUT2D eigenvalue weighted by molar-refractivity contribution is 5.67. The first kappa shape index (κ1) is 20.5. The lowest BCUT2D eigenvalue weighted by Gasteiger charge is -2.12. The first-order valence-electron chi connectivity index (χ1n) is 10.4. The third-order valence-electron chi connectivity index (χ3n) is 5.10. The van der Waals surface area contributed by atoms with Crippen molar-refractivity contribution in [1.82, 2.24) is 4.98 Å². The Balaban J connectivity index is 1.91. The summed E-state index contributed by atoms with van der Waals surface area (Å²) in [5.41, 5.74) is 3.48. The van der Waals surface area contributed by atoms with Crippen molar-refractivity contribution in [2.45, 2.75) is 72.1 Å². The molecule has 0 aliphatic carbocycles. The zero-order valence-corrected chi connectivity index (χ0v) is 16.8. The first-order valence-corrected chi connectivity index (χ1v) is 10.4. The van der Waals surface area contributed by atoms with Crippen LogP contribution in [0.1, 0.15) is 71.3 Å². The summed E-state index contributed by atoms with van der Waals surface area (Å²) in [6.45, 7) is 7.63. The summed E-state index contributed by atoms with van der Waals surface area (Å²) in [4.78, 5) is 4.58. The van der Waals surface area contributed by atoms with Crippen molar-refractivity contribution >= 4 is 0 Å². The standard InChI is InChI=1S/C24H35NO/c1-4-6-13-21-16-17-25-23(19-21)22-14-9-10-15-24(22)26-18-11-7-8-12-20(3)5-2/h9-10,14-17,19-20H,4-8,11-13,18H2,1-3H3. The predicted octanol–water partition coefficient (Wildman–Crippen LogP) is 7.08. The van der Waals surface area contributed by atoms with E-state index < -0.39 is 0 Å². The molecule has 1 unspecified atom stereocenters. The molecule has 2 rings (SSSR count). The number of benzene rings is 1.